The van der Waals surface area contributed by atoms with Crippen molar-refractivity contribution >= 4 is 23.5 Å². The molecule has 0 spiro atoms. The van der Waals surface area contributed by atoms with E-state index < -0.39 is 11.9 Å². The maximum absolute atomic E-state index is 12.6. The van der Waals surface area contributed by atoms with E-state index in [0.717, 1.165) is 0 Å². The van der Waals surface area contributed by atoms with Crippen LogP contribution < -0.4 is 10.6 Å². The van der Waals surface area contributed by atoms with E-state index in [1.807, 2.05) is 6.92 Å². The predicted octanol–water partition coefficient (Wildman–Crippen LogP) is 2.81. The molecule has 2 amide bonds. The van der Waals surface area contributed by atoms with Crippen molar-refractivity contribution in [3.8, 4) is 0 Å². The van der Waals surface area contributed by atoms with Crippen molar-refractivity contribution in [3.05, 3.63) is 52.3 Å². The molecule has 0 aliphatic rings. The summed E-state index contributed by atoms with van der Waals surface area (Å²) < 4.78 is 5.03. The van der Waals surface area contributed by atoms with Crippen LogP contribution in [0.3, 0.4) is 0 Å². The lowest BCUT2D eigenvalue weighted by atomic mass is 10.1. The number of nitrogens with one attached hydrogen (secondary N) is 3. The van der Waals surface area contributed by atoms with E-state index in [0.29, 0.717) is 34.6 Å². The topological polar surface area (TPSA) is 100 Å². The number of amides is 2. The molecule has 0 unspecified atom stereocenters. The Hall–Kier alpha value is -3.09. The van der Waals surface area contributed by atoms with Crippen LogP contribution in [0.15, 0.2) is 24.3 Å². The predicted molar refractivity (Wildman–Crippen MR) is 98.6 cm³/mol. The summed E-state index contributed by atoms with van der Waals surface area (Å²) in [5.41, 5.74) is 2.70. The van der Waals surface area contributed by atoms with E-state index in [1.165, 1.54) is 0 Å². The molecule has 0 aliphatic heterocycles. The minimum absolute atomic E-state index is 0.208. The summed E-state index contributed by atoms with van der Waals surface area (Å²) >= 11 is 0. The third kappa shape index (κ3) is 4.11. The van der Waals surface area contributed by atoms with Gasteiger partial charge >= 0.3 is 5.97 Å². The highest BCUT2D eigenvalue weighted by Gasteiger charge is 2.23. The summed E-state index contributed by atoms with van der Waals surface area (Å²) in [7, 11) is 0. The number of aromatic amines is 1. The molecule has 1 heterocycles. The van der Waals surface area contributed by atoms with Crippen molar-refractivity contribution in [1.29, 1.82) is 0 Å². The first-order valence-electron chi connectivity index (χ1n) is 8.44. The lowest BCUT2D eigenvalue weighted by molar-refractivity contribution is 0.0524. The molecule has 1 aromatic heterocycles. The van der Waals surface area contributed by atoms with Crippen molar-refractivity contribution in [1.82, 2.24) is 10.3 Å². The van der Waals surface area contributed by atoms with Crippen LogP contribution in [0.25, 0.3) is 0 Å². The summed E-state index contributed by atoms with van der Waals surface area (Å²) in [5, 5.41) is 5.45. The van der Waals surface area contributed by atoms with Gasteiger partial charge in [0, 0.05) is 23.5 Å². The first-order chi connectivity index (χ1) is 12.4. The second kappa shape index (κ2) is 8.33. The molecule has 0 saturated heterocycles. The van der Waals surface area contributed by atoms with Crippen molar-refractivity contribution < 1.29 is 19.1 Å². The number of hydrogen-bond donors (Lipinski definition) is 3. The van der Waals surface area contributed by atoms with E-state index in [-0.39, 0.29) is 18.2 Å². The molecule has 3 N–H and O–H groups in total. The molecule has 0 bridgehead atoms. The number of aromatic nitrogens is 1. The van der Waals surface area contributed by atoms with E-state index >= 15 is 0 Å². The van der Waals surface area contributed by atoms with Crippen LogP contribution in [-0.4, -0.2) is 35.9 Å². The highest BCUT2D eigenvalue weighted by molar-refractivity contribution is 6.07. The zero-order valence-electron chi connectivity index (χ0n) is 15.4. The molecule has 1 aromatic carbocycles. The maximum Gasteiger partial charge on any atom is 0.340 e. The van der Waals surface area contributed by atoms with Crippen molar-refractivity contribution in [2.24, 2.45) is 0 Å². The number of H-pyrrole nitrogens is 1. The smallest absolute Gasteiger partial charge is 0.340 e. The zero-order chi connectivity index (χ0) is 19.3. The van der Waals surface area contributed by atoms with Crippen LogP contribution in [0, 0.1) is 13.8 Å². The average molecular weight is 357 g/mol. The van der Waals surface area contributed by atoms with Gasteiger partial charge in [0.2, 0.25) is 0 Å². The molecule has 2 aromatic rings. The first-order valence-corrected chi connectivity index (χ1v) is 8.44. The van der Waals surface area contributed by atoms with E-state index in [1.54, 1.807) is 45.0 Å². The molecule has 0 aliphatic carbocycles. The minimum Gasteiger partial charge on any atom is -0.462 e. The van der Waals surface area contributed by atoms with Gasteiger partial charge in [0.25, 0.3) is 11.8 Å². The summed E-state index contributed by atoms with van der Waals surface area (Å²) in [6, 6.07) is 6.65. The fourth-order valence-electron chi connectivity index (χ4n) is 2.68. The van der Waals surface area contributed by atoms with Gasteiger partial charge in [-0.15, -0.1) is 0 Å². The Morgan fingerprint density at radius 2 is 1.85 bits per heavy atom. The van der Waals surface area contributed by atoms with E-state index in [4.69, 9.17) is 4.74 Å². The molecule has 7 nitrogen and oxygen atoms in total. The number of hydrogen-bond acceptors (Lipinski definition) is 4. The SMILES string of the molecule is CCNC(=O)c1cccc(NC(=O)c2[nH]c(C)c(C(=O)OCC)c2C)c1. The van der Waals surface area contributed by atoms with Gasteiger partial charge in [-0.05, 0) is 51.5 Å². The van der Waals surface area contributed by atoms with Crippen LogP contribution in [0.4, 0.5) is 5.69 Å². The summed E-state index contributed by atoms with van der Waals surface area (Å²) in [5.74, 6) is -1.06. The third-order valence-corrected chi connectivity index (χ3v) is 3.86. The number of ether oxygens (including phenoxy) is 1. The first kappa shape index (κ1) is 19.2. The average Bonchev–Trinajstić information content (AvgIpc) is 2.90. The van der Waals surface area contributed by atoms with Crippen LogP contribution in [0.1, 0.15) is 56.3 Å². The molecule has 0 fully saturated rings. The van der Waals surface area contributed by atoms with Gasteiger partial charge in [-0.1, -0.05) is 6.07 Å². The van der Waals surface area contributed by atoms with Gasteiger partial charge in [-0.2, -0.15) is 0 Å². The van der Waals surface area contributed by atoms with Gasteiger partial charge in [0.05, 0.1) is 12.2 Å². The lowest BCUT2D eigenvalue weighted by Crippen LogP contribution is -2.23. The zero-order valence-corrected chi connectivity index (χ0v) is 15.4. The lowest BCUT2D eigenvalue weighted by Gasteiger charge is -2.08. The number of rotatable bonds is 6. The molecule has 0 saturated carbocycles. The van der Waals surface area contributed by atoms with Crippen LogP contribution in [0.5, 0.6) is 0 Å². The second-order valence-electron chi connectivity index (χ2n) is 5.74. The summed E-state index contributed by atoms with van der Waals surface area (Å²) in [6.07, 6.45) is 0. The number of carbonyl (C=O) groups excluding carboxylic acids is 3. The van der Waals surface area contributed by atoms with Crippen LogP contribution >= 0.6 is 0 Å². The van der Waals surface area contributed by atoms with Crippen molar-refractivity contribution in [3.63, 3.8) is 0 Å². The normalized spacial score (nSPS) is 10.3. The number of carbonyl (C=O) groups is 3. The Labute approximate surface area is 152 Å². The maximum atomic E-state index is 12.6. The Balaban J connectivity index is 2.23. The largest absolute Gasteiger partial charge is 0.462 e. The van der Waals surface area contributed by atoms with Crippen molar-refractivity contribution in [2.45, 2.75) is 27.7 Å². The fraction of sp³-hybridized carbons (Fsp3) is 0.316. The quantitative estimate of drug-likeness (QED) is 0.692. The molecule has 0 radical (unpaired) electrons. The van der Waals surface area contributed by atoms with Gasteiger partial charge < -0.3 is 20.4 Å². The third-order valence-electron chi connectivity index (χ3n) is 3.86. The fourth-order valence-corrected chi connectivity index (χ4v) is 2.68. The standard InChI is InChI=1S/C19H23N3O4/c1-5-20-17(23)13-8-7-9-14(10-13)22-18(24)16-11(3)15(12(4)21-16)19(25)26-6-2/h7-10,21H,5-6H2,1-4H3,(H,20,23)(H,22,24). The highest BCUT2D eigenvalue weighted by Crippen LogP contribution is 2.20. The van der Waals surface area contributed by atoms with Crippen LogP contribution in [0.2, 0.25) is 0 Å². The molecule has 7 heteroatoms. The Kier molecular flexibility index (Phi) is 6.16. The Morgan fingerprint density at radius 1 is 1.12 bits per heavy atom. The number of aryl methyl sites for hydroxylation is 1. The molecule has 2 rings (SSSR count). The van der Waals surface area contributed by atoms with E-state index in [2.05, 4.69) is 15.6 Å². The highest BCUT2D eigenvalue weighted by atomic mass is 16.5. The summed E-state index contributed by atoms with van der Waals surface area (Å²) in [4.78, 5) is 39.5. The Morgan fingerprint density at radius 3 is 2.50 bits per heavy atom. The van der Waals surface area contributed by atoms with Gasteiger partial charge in [0.15, 0.2) is 0 Å². The Bertz CT molecular complexity index is 839. The van der Waals surface area contributed by atoms with Crippen molar-refractivity contribution in [2.75, 3.05) is 18.5 Å². The molecule has 0 atom stereocenters. The van der Waals surface area contributed by atoms with Gasteiger partial charge in [-0.25, -0.2) is 4.79 Å². The van der Waals surface area contributed by atoms with Gasteiger partial charge in [0.1, 0.15) is 5.69 Å². The number of anilines is 1. The molecular formula is C19H23N3O4. The monoisotopic (exact) mass is 357 g/mol. The molecule has 26 heavy (non-hydrogen) atoms. The number of benzene rings is 1. The molecule has 138 valence electrons. The van der Waals surface area contributed by atoms with E-state index in [9.17, 15) is 14.4 Å². The van der Waals surface area contributed by atoms with Gasteiger partial charge in [-0.3, -0.25) is 9.59 Å². The molecular weight excluding hydrogens is 334 g/mol. The van der Waals surface area contributed by atoms with Crippen LogP contribution in [-0.2, 0) is 4.74 Å². The second-order valence-corrected chi connectivity index (χ2v) is 5.74. The number of esters is 1. The minimum atomic E-state index is -0.462. The summed E-state index contributed by atoms with van der Waals surface area (Å²) in [6.45, 7) is 7.75.